The molecule has 30 heavy (non-hydrogen) atoms. The topological polar surface area (TPSA) is 0 Å². The van der Waals surface area contributed by atoms with E-state index in [-0.39, 0.29) is 7.92 Å². The molecule has 0 saturated heterocycles. The molecule has 5 aromatic carbocycles. The van der Waals surface area contributed by atoms with Crippen LogP contribution in [0.2, 0.25) is 0 Å². The average Bonchev–Trinajstić information content (AvgIpc) is 2.96. The van der Waals surface area contributed by atoms with Gasteiger partial charge in [-0.2, -0.15) is 0 Å². The lowest BCUT2D eigenvalue weighted by molar-refractivity contribution is 1.40. The van der Waals surface area contributed by atoms with E-state index in [1.54, 1.807) is 0 Å². The monoisotopic (exact) mass is 466 g/mol. The maximum Gasteiger partial charge on any atom is 0.0252 e. The van der Waals surface area contributed by atoms with Gasteiger partial charge in [-0.3, -0.25) is 0 Å². The SMILES string of the molecule is Brc1ccccc1P1Cc2ccc3ccccc3c2-c2c(ccc3ccccc23)C1. The minimum atomic E-state index is -0.345. The lowest BCUT2D eigenvalue weighted by atomic mass is 9.88. The van der Waals surface area contributed by atoms with Crippen LogP contribution in [0.3, 0.4) is 0 Å². The molecule has 0 atom stereocenters. The quantitative estimate of drug-likeness (QED) is 0.218. The van der Waals surface area contributed by atoms with Gasteiger partial charge in [-0.25, -0.2) is 0 Å². The van der Waals surface area contributed by atoms with E-state index < -0.39 is 0 Å². The maximum absolute atomic E-state index is 3.83. The Morgan fingerprint density at radius 2 is 1.03 bits per heavy atom. The van der Waals surface area contributed by atoms with Gasteiger partial charge in [0.25, 0.3) is 0 Å². The molecule has 0 radical (unpaired) electrons. The molecule has 0 aliphatic carbocycles. The molecule has 6 rings (SSSR count). The van der Waals surface area contributed by atoms with E-state index in [0.29, 0.717) is 0 Å². The molecule has 1 aliphatic heterocycles. The Labute approximate surface area is 186 Å². The van der Waals surface area contributed by atoms with Crippen LogP contribution in [0, 0.1) is 0 Å². The smallest absolute Gasteiger partial charge is 0.0252 e. The molecular weight excluding hydrogens is 447 g/mol. The summed E-state index contributed by atoms with van der Waals surface area (Å²) in [5.74, 6) is 0. The van der Waals surface area contributed by atoms with E-state index in [4.69, 9.17) is 0 Å². The minimum Gasteiger partial charge on any atom is -0.0651 e. The van der Waals surface area contributed by atoms with Crippen LogP contribution in [0.25, 0.3) is 32.7 Å². The van der Waals surface area contributed by atoms with E-state index in [0.717, 1.165) is 12.3 Å². The molecule has 1 aliphatic rings. The Balaban J connectivity index is 1.71. The molecule has 0 amide bonds. The molecule has 1 heterocycles. The average molecular weight is 467 g/mol. The van der Waals surface area contributed by atoms with Crippen molar-refractivity contribution in [3.05, 3.63) is 113 Å². The Morgan fingerprint density at radius 3 is 1.60 bits per heavy atom. The van der Waals surface area contributed by atoms with Crippen molar-refractivity contribution >= 4 is 50.7 Å². The van der Waals surface area contributed by atoms with Crippen molar-refractivity contribution in [2.75, 3.05) is 0 Å². The van der Waals surface area contributed by atoms with Gasteiger partial charge >= 0.3 is 0 Å². The van der Waals surface area contributed by atoms with Crippen molar-refractivity contribution < 1.29 is 0 Å². The Bertz CT molecular complexity index is 1330. The molecule has 0 spiro atoms. The van der Waals surface area contributed by atoms with Gasteiger partial charge < -0.3 is 0 Å². The Morgan fingerprint density at radius 1 is 0.533 bits per heavy atom. The third-order valence-electron chi connectivity index (χ3n) is 6.20. The zero-order valence-electron chi connectivity index (χ0n) is 16.5. The first-order chi connectivity index (χ1) is 14.8. The van der Waals surface area contributed by atoms with Gasteiger partial charge in [0.15, 0.2) is 0 Å². The molecule has 0 N–H and O–H groups in total. The fourth-order valence-electron chi connectivity index (χ4n) is 4.83. The van der Waals surface area contributed by atoms with Crippen molar-refractivity contribution in [2.24, 2.45) is 0 Å². The molecule has 2 heteroatoms. The summed E-state index contributed by atoms with van der Waals surface area (Å²) in [5, 5.41) is 6.85. The third kappa shape index (κ3) is 2.92. The first-order valence-corrected chi connectivity index (χ1v) is 12.8. The molecule has 5 aromatic rings. The van der Waals surface area contributed by atoms with Gasteiger partial charge in [0.05, 0.1) is 0 Å². The number of hydrogen-bond donors (Lipinski definition) is 0. The maximum atomic E-state index is 3.83. The highest BCUT2D eigenvalue weighted by molar-refractivity contribution is 9.10. The molecule has 0 bridgehead atoms. The van der Waals surface area contributed by atoms with Gasteiger partial charge in [-0.05, 0) is 67.5 Å². The van der Waals surface area contributed by atoms with Gasteiger partial charge in [0.1, 0.15) is 0 Å². The fraction of sp³-hybridized carbons (Fsp3) is 0.0714. The summed E-state index contributed by atoms with van der Waals surface area (Å²) in [6, 6.07) is 35.8. The van der Waals surface area contributed by atoms with Crippen LogP contribution in [0.1, 0.15) is 11.1 Å². The summed E-state index contributed by atoms with van der Waals surface area (Å²) >= 11 is 3.83. The lowest BCUT2D eigenvalue weighted by Crippen LogP contribution is -2.05. The minimum absolute atomic E-state index is 0.345. The van der Waals surface area contributed by atoms with Crippen LogP contribution in [0.5, 0.6) is 0 Å². The largest absolute Gasteiger partial charge is 0.0651 e. The molecule has 0 nitrogen and oxygen atoms in total. The van der Waals surface area contributed by atoms with Crippen molar-refractivity contribution in [2.45, 2.75) is 12.3 Å². The van der Waals surface area contributed by atoms with Crippen LogP contribution in [-0.2, 0) is 12.3 Å². The number of halogens is 1. The van der Waals surface area contributed by atoms with Gasteiger partial charge in [-0.15, -0.1) is 0 Å². The molecular formula is C28H20BrP. The Hall–Kier alpha value is -2.47. The highest BCUT2D eigenvalue weighted by Crippen LogP contribution is 2.53. The standard InChI is InChI=1S/C28H20BrP/c29-25-11-5-6-12-26(25)30-17-21-15-13-19-7-1-3-9-23(19)27(21)28-22(18-30)16-14-20-8-2-4-10-24(20)28/h1-16H,17-18H2. The summed E-state index contributed by atoms with van der Waals surface area (Å²) < 4.78 is 1.24. The second kappa shape index (κ2) is 7.34. The van der Waals surface area contributed by atoms with Crippen LogP contribution in [-0.4, -0.2) is 0 Å². The van der Waals surface area contributed by atoms with E-state index >= 15 is 0 Å². The van der Waals surface area contributed by atoms with Crippen LogP contribution in [0.4, 0.5) is 0 Å². The molecule has 144 valence electrons. The second-order valence-electron chi connectivity index (χ2n) is 7.95. The predicted octanol–water partition coefficient (Wildman–Crippen LogP) is 8.24. The number of fused-ring (bicyclic) bond motifs is 7. The zero-order chi connectivity index (χ0) is 20.1. The van der Waals surface area contributed by atoms with E-state index in [2.05, 4.69) is 113 Å². The fourth-order valence-corrected chi connectivity index (χ4v) is 8.35. The van der Waals surface area contributed by atoms with Crippen molar-refractivity contribution in [3.8, 4) is 11.1 Å². The predicted molar refractivity (Wildman–Crippen MR) is 135 cm³/mol. The summed E-state index contributed by atoms with van der Waals surface area (Å²) in [4.78, 5) is 0. The van der Waals surface area contributed by atoms with Crippen molar-refractivity contribution in [3.63, 3.8) is 0 Å². The highest BCUT2D eigenvalue weighted by atomic mass is 79.9. The van der Waals surface area contributed by atoms with Gasteiger partial charge in [0, 0.05) is 4.47 Å². The first-order valence-electron chi connectivity index (χ1n) is 10.3. The van der Waals surface area contributed by atoms with Crippen molar-refractivity contribution in [1.29, 1.82) is 0 Å². The van der Waals surface area contributed by atoms with E-state index in [9.17, 15) is 0 Å². The zero-order valence-corrected chi connectivity index (χ0v) is 19.0. The summed E-state index contributed by atoms with van der Waals surface area (Å²) in [6.07, 6.45) is 2.22. The molecule has 0 fully saturated rings. The van der Waals surface area contributed by atoms with Gasteiger partial charge in [0.2, 0.25) is 0 Å². The second-order valence-corrected chi connectivity index (χ2v) is 11.0. The molecule has 0 aromatic heterocycles. The Kier molecular flexibility index (Phi) is 4.48. The van der Waals surface area contributed by atoms with Crippen molar-refractivity contribution in [1.82, 2.24) is 0 Å². The number of benzene rings is 5. The summed E-state index contributed by atoms with van der Waals surface area (Å²) in [5.41, 5.74) is 5.84. The van der Waals surface area contributed by atoms with E-state index in [1.165, 1.54) is 53.6 Å². The molecule has 0 unspecified atom stereocenters. The third-order valence-corrected chi connectivity index (χ3v) is 9.71. The van der Waals surface area contributed by atoms with Crippen LogP contribution in [0.15, 0.2) is 102 Å². The first kappa shape index (κ1) is 18.3. The van der Waals surface area contributed by atoms with Gasteiger partial charge in [-0.1, -0.05) is 115 Å². The summed E-state index contributed by atoms with van der Waals surface area (Å²) in [7, 11) is -0.345. The lowest BCUT2D eigenvalue weighted by Gasteiger charge is -2.18. The number of rotatable bonds is 1. The highest BCUT2D eigenvalue weighted by Gasteiger charge is 2.26. The molecule has 0 saturated carbocycles. The van der Waals surface area contributed by atoms with Crippen LogP contribution >= 0.6 is 23.9 Å². The number of hydrogen-bond acceptors (Lipinski definition) is 0. The van der Waals surface area contributed by atoms with E-state index in [1.807, 2.05) is 0 Å². The summed E-state index contributed by atoms with van der Waals surface area (Å²) in [6.45, 7) is 0. The normalized spacial score (nSPS) is 13.8. The van der Waals surface area contributed by atoms with Crippen LogP contribution < -0.4 is 5.30 Å².